The number of rotatable bonds is 10. The minimum absolute atomic E-state index is 0.0507. The number of aliphatic hydroxyl groups excluding tert-OH is 4. The van der Waals surface area contributed by atoms with E-state index in [1.54, 1.807) is 6.92 Å². The van der Waals surface area contributed by atoms with Crippen LogP contribution in [0.1, 0.15) is 57.9 Å². The highest BCUT2D eigenvalue weighted by Crippen LogP contribution is 2.36. The van der Waals surface area contributed by atoms with Gasteiger partial charge in [0.1, 0.15) is 23.9 Å². The van der Waals surface area contributed by atoms with Gasteiger partial charge in [-0.2, -0.15) is 0 Å². The molecule has 6 N–H and O–H groups in total. The molecule has 0 fully saturated rings. The van der Waals surface area contributed by atoms with Gasteiger partial charge in [-0.1, -0.05) is 42.3 Å². The normalized spacial score (nSPS) is 18.1. The summed E-state index contributed by atoms with van der Waals surface area (Å²) in [5, 5.41) is 65.7. The largest absolute Gasteiger partial charge is 0.394 e. The average Bonchev–Trinajstić information content (AvgIpc) is 2.78. The molecule has 0 aliphatic heterocycles. The van der Waals surface area contributed by atoms with Crippen molar-refractivity contribution in [3.63, 3.8) is 0 Å². The summed E-state index contributed by atoms with van der Waals surface area (Å²) in [7, 11) is 0. The van der Waals surface area contributed by atoms with Gasteiger partial charge in [-0.15, -0.1) is 0 Å². The van der Waals surface area contributed by atoms with E-state index in [2.05, 4.69) is 0 Å². The smallest absolute Gasteiger partial charge is 0.126 e. The van der Waals surface area contributed by atoms with Gasteiger partial charge < -0.3 is 30.6 Å². The Morgan fingerprint density at radius 3 is 1.59 bits per heavy atom. The van der Waals surface area contributed by atoms with Crippen molar-refractivity contribution in [1.82, 2.24) is 0 Å². The number of hydrogen-bond donors (Lipinski definition) is 6. The standard InChI is InChI=1S/C28H42O6/c1-8-27(33,13-22-11-16(2)9-18(4)20(22)6)26(32)28(34,25(31)24(30)15-29)14-23-12-17(3)10-19(5)21(23)7/h9-12,24-26,29-34H,8,13-15H2,1-7H3/t24-,25+,26+,27?,28+/m0/s1. The molecule has 0 spiro atoms. The molecule has 0 aliphatic carbocycles. The summed E-state index contributed by atoms with van der Waals surface area (Å²) in [6.07, 6.45) is -5.48. The van der Waals surface area contributed by atoms with E-state index >= 15 is 0 Å². The Labute approximate surface area is 203 Å². The second-order valence-electron chi connectivity index (χ2n) is 10.1. The third-order valence-electron chi connectivity index (χ3n) is 7.47. The summed E-state index contributed by atoms with van der Waals surface area (Å²) in [4.78, 5) is 0. The second-order valence-corrected chi connectivity index (χ2v) is 10.1. The van der Waals surface area contributed by atoms with Gasteiger partial charge in [0.2, 0.25) is 0 Å². The van der Waals surface area contributed by atoms with Crippen molar-refractivity contribution in [2.24, 2.45) is 0 Å². The van der Waals surface area contributed by atoms with E-state index < -0.39 is 36.1 Å². The third kappa shape index (κ3) is 5.70. The number of aryl methyl sites for hydroxylation is 4. The van der Waals surface area contributed by atoms with Gasteiger partial charge in [-0.25, -0.2) is 0 Å². The number of hydrogen-bond acceptors (Lipinski definition) is 6. The molecule has 0 aliphatic rings. The monoisotopic (exact) mass is 474 g/mol. The van der Waals surface area contributed by atoms with Crippen molar-refractivity contribution in [2.45, 2.75) is 97.2 Å². The van der Waals surface area contributed by atoms with Crippen molar-refractivity contribution >= 4 is 0 Å². The molecule has 0 saturated heterocycles. The lowest BCUT2D eigenvalue weighted by Crippen LogP contribution is -2.66. The molecular weight excluding hydrogens is 432 g/mol. The summed E-state index contributed by atoms with van der Waals surface area (Å²) in [6.45, 7) is 12.5. The molecule has 0 aromatic heterocycles. The number of benzene rings is 2. The van der Waals surface area contributed by atoms with Crippen molar-refractivity contribution in [3.8, 4) is 0 Å². The molecule has 6 heteroatoms. The van der Waals surface area contributed by atoms with Crippen molar-refractivity contribution in [3.05, 3.63) is 68.8 Å². The molecule has 190 valence electrons. The topological polar surface area (TPSA) is 121 Å². The maximum Gasteiger partial charge on any atom is 0.126 e. The van der Waals surface area contributed by atoms with Gasteiger partial charge in [0.25, 0.3) is 0 Å². The fraction of sp³-hybridized carbons (Fsp3) is 0.571. The van der Waals surface area contributed by atoms with Crippen LogP contribution in [0.5, 0.6) is 0 Å². The first-order valence-corrected chi connectivity index (χ1v) is 11.9. The highest BCUT2D eigenvalue weighted by Gasteiger charge is 2.54. The van der Waals surface area contributed by atoms with Crippen molar-refractivity contribution in [2.75, 3.05) is 6.61 Å². The molecule has 0 saturated carbocycles. The Bertz CT molecular complexity index is 1000. The van der Waals surface area contributed by atoms with E-state index in [0.717, 1.165) is 38.9 Å². The van der Waals surface area contributed by atoms with Crippen molar-refractivity contribution in [1.29, 1.82) is 0 Å². The van der Waals surface area contributed by atoms with Crippen molar-refractivity contribution < 1.29 is 30.6 Å². The molecule has 0 radical (unpaired) electrons. The third-order valence-corrected chi connectivity index (χ3v) is 7.47. The Hall–Kier alpha value is -1.80. The summed E-state index contributed by atoms with van der Waals surface area (Å²) in [6, 6.07) is 7.85. The summed E-state index contributed by atoms with van der Waals surface area (Å²) in [5.74, 6) is 0. The lowest BCUT2D eigenvalue weighted by atomic mass is 9.71. The summed E-state index contributed by atoms with van der Waals surface area (Å²) < 4.78 is 0. The van der Waals surface area contributed by atoms with Gasteiger partial charge >= 0.3 is 0 Å². The first kappa shape index (κ1) is 28.4. The average molecular weight is 475 g/mol. The van der Waals surface area contributed by atoms with E-state index in [1.807, 2.05) is 65.8 Å². The maximum atomic E-state index is 11.8. The lowest BCUT2D eigenvalue weighted by Gasteiger charge is -2.46. The van der Waals surface area contributed by atoms with E-state index in [-0.39, 0.29) is 19.3 Å². The van der Waals surface area contributed by atoms with Gasteiger partial charge in [0.15, 0.2) is 0 Å². The molecule has 2 aromatic rings. The fourth-order valence-corrected chi connectivity index (χ4v) is 4.93. The zero-order valence-corrected chi connectivity index (χ0v) is 21.6. The summed E-state index contributed by atoms with van der Waals surface area (Å²) >= 11 is 0. The Morgan fingerprint density at radius 2 is 1.18 bits per heavy atom. The minimum atomic E-state index is -2.33. The molecule has 2 rings (SSSR count). The molecule has 0 bridgehead atoms. The molecular formula is C28H42O6. The van der Waals surface area contributed by atoms with Crippen LogP contribution in [0, 0.1) is 41.5 Å². The highest BCUT2D eigenvalue weighted by atomic mass is 16.4. The summed E-state index contributed by atoms with van der Waals surface area (Å²) in [5.41, 5.74) is 3.26. The van der Waals surface area contributed by atoms with Crippen LogP contribution >= 0.6 is 0 Å². The van der Waals surface area contributed by atoms with E-state index in [9.17, 15) is 30.6 Å². The zero-order valence-electron chi connectivity index (χ0n) is 21.6. The fourth-order valence-electron chi connectivity index (χ4n) is 4.93. The molecule has 0 amide bonds. The van der Waals surface area contributed by atoms with Crippen LogP contribution < -0.4 is 0 Å². The van der Waals surface area contributed by atoms with Gasteiger partial charge in [0, 0.05) is 12.8 Å². The Balaban J connectivity index is 2.60. The zero-order chi connectivity index (χ0) is 26.0. The maximum absolute atomic E-state index is 11.8. The number of aliphatic hydroxyl groups is 6. The Morgan fingerprint density at radius 1 is 0.735 bits per heavy atom. The lowest BCUT2D eigenvalue weighted by molar-refractivity contribution is -0.229. The van der Waals surface area contributed by atoms with Crippen LogP contribution in [0.3, 0.4) is 0 Å². The SMILES string of the molecule is CCC(O)(Cc1cc(C)cc(C)c1C)[C@@H](O)[C@@](O)(Cc1cc(C)cc(C)c1C)[C@H](O)[C@@H](O)CO. The molecule has 6 nitrogen and oxygen atoms in total. The van der Waals surface area contributed by atoms with Crippen LogP contribution in [-0.2, 0) is 12.8 Å². The van der Waals surface area contributed by atoms with Gasteiger partial charge in [0.05, 0.1) is 12.2 Å². The first-order valence-electron chi connectivity index (χ1n) is 11.9. The van der Waals surface area contributed by atoms with Crippen LogP contribution in [0.25, 0.3) is 0 Å². The molecule has 0 heterocycles. The quantitative estimate of drug-likeness (QED) is 0.314. The van der Waals surface area contributed by atoms with Crippen LogP contribution in [0.15, 0.2) is 24.3 Å². The van der Waals surface area contributed by atoms with E-state index in [4.69, 9.17) is 0 Å². The van der Waals surface area contributed by atoms with E-state index in [1.165, 1.54) is 0 Å². The van der Waals surface area contributed by atoms with Crippen LogP contribution in [-0.4, -0.2) is 66.8 Å². The predicted octanol–water partition coefficient (Wildman–Crippen LogP) is 2.27. The highest BCUT2D eigenvalue weighted by molar-refractivity contribution is 5.40. The molecule has 1 unspecified atom stereocenters. The van der Waals surface area contributed by atoms with Crippen LogP contribution in [0.2, 0.25) is 0 Å². The van der Waals surface area contributed by atoms with Crippen LogP contribution in [0.4, 0.5) is 0 Å². The predicted molar refractivity (Wildman–Crippen MR) is 134 cm³/mol. The second kappa shape index (κ2) is 10.9. The Kier molecular flexibility index (Phi) is 9.08. The first-order chi connectivity index (χ1) is 15.7. The molecule has 2 aromatic carbocycles. The molecule has 5 atom stereocenters. The minimum Gasteiger partial charge on any atom is -0.394 e. The van der Waals surface area contributed by atoms with Gasteiger partial charge in [-0.05, 0) is 81.3 Å². The van der Waals surface area contributed by atoms with Gasteiger partial charge in [-0.3, -0.25) is 0 Å². The molecule has 34 heavy (non-hydrogen) atoms. The van der Waals surface area contributed by atoms with E-state index in [0.29, 0.717) is 5.56 Å².